The first-order chi connectivity index (χ1) is 17.7. The maximum absolute atomic E-state index is 13.5. The second-order valence-electron chi connectivity index (χ2n) is 8.33. The molecule has 4 aromatic rings. The third-order valence-electron chi connectivity index (χ3n) is 5.80. The van der Waals surface area contributed by atoms with Crippen molar-refractivity contribution in [3.8, 4) is 0 Å². The Bertz CT molecular complexity index is 1230. The number of imidazole rings is 1. The summed E-state index contributed by atoms with van der Waals surface area (Å²) in [5.41, 5.74) is 3.71. The fourth-order valence-corrected chi connectivity index (χ4v) is 3.94. The van der Waals surface area contributed by atoms with E-state index in [0.717, 1.165) is 29.7 Å². The number of hydrogen-bond donors (Lipinski definition) is 3. The van der Waals surface area contributed by atoms with Crippen LogP contribution in [0, 0.1) is 5.82 Å². The summed E-state index contributed by atoms with van der Waals surface area (Å²) in [7, 11) is 0. The molecule has 184 valence electrons. The molecule has 0 aliphatic heterocycles. The number of pyridine rings is 1. The van der Waals surface area contributed by atoms with E-state index in [1.165, 1.54) is 12.1 Å². The number of carbonyl (C=O) groups excluding carboxylic acids is 1. The minimum atomic E-state index is -0.265. The van der Waals surface area contributed by atoms with E-state index in [1.54, 1.807) is 37.1 Å². The van der Waals surface area contributed by atoms with Gasteiger partial charge in [-0.2, -0.15) is 0 Å². The summed E-state index contributed by atoms with van der Waals surface area (Å²) in [6.45, 7) is 1.10. The van der Waals surface area contributed by atoms with Crippen LogP contribution in [0.1, 0.15) is 45.9 Å². The fraction of sp³-hybridized carbons (Fsp3) is 0.214. The van der Waals surface area contributed by atoms with Gasteiger partial charge in [0.05, 0.1) is 6.33 Å². The second-order valence-corrected chi connectivity index (χ2v) is 8.33. The Hall–Kier alpha value is -4.33. The second kappa shape index (κ2) is 12.9. The van der Waals surface area contributed by atoms with Gasteiger partial charge in [0, 0.05) is 48.9 Å². The molecule has 2 heterocycles. The zero-order chi connectivity index (χ0) is 25.0. The Labute approximate surface area is 209 Å². The van der Waals surface area contributed by atoms with Crippen molar-refractivity contribution in [2.75, 3.05) is 13.1 Å². The Morgan fingerprint density at radius 1 is 0.972 bits per heavy atom. The first-order valence-corrected chi connectivity index (χ1v) is 12.0. The maximum atomic E-state index is 13.5. The zero-order valence-electron chi connectivity index (χ0n) is 19.9. The highest BCUT2D eigenvalue weighted by molar-refractivity contribution is 6.05. The third-order valence-corrected chi connectivity index (χ3v) is 5.80. The van der Waals surface area contributed by atoms with Gasteiger partial charge in [-0.05, 0) is 66.8 Å². The van der Waals surface area contributed by atoms with Crippen LogP contribution in [0.15, 0.2) is 96.6 Å². The number of aromatic nitrogens is 3. The van der Waals surface area contributed by atoms with E-state index in [0.29, 0.717) is 31.0 Å². The number of halogens is 1. The number of aromatic amines is 1. The number of hydrogen-bond acceptors (Lipinski definition) is 4. The van der Waals surface area contributed by atoms with Crippen molar-refractivity contribution in [3.05, 3.63) is 120 Å². The van der Waals surface area contributed by atoms with Gasteiger partial charge in [-0.25, -0.2) is 9.37 Å². The quantitative estimate of drug-likeness (QED) is 0.176. The molecule has 1 amide bonds. The Morgan fingerprint density at radius 3 is 2.44 bits per heavy atom. The maximum Gasteiger partial charge on any atom is 0.257 e. The molecular weight excluding hydrogens is 455 g/mol. The molecule has 0 fully saturated rings. The fourth-order valence-electron chi connectivity index (χ4n) is 3.94. The molecule has 1 unspecified atom stereocenters. The number of H-pyrrole nitrogens is 1. The molecule has 0 bridgehead atoms. The minimum Gasteiger partial charge on any atom is -0.356 e. The van der Waals surface area contributed by atoms with Gasteiger partial charge in [0.15, 0.2) is 5.96 Å². The van der Waals surface area contributed by atoms with Gasteiger partial charge in [0.1, 0.15) is 5.82 Å². The number of guanidine groups is 1. The molecule has 7 nitrogen and oxygen atoms in total. The molecular formula is C28H29FN6O. The molecule has 4 rings (SSSR count). The predicted octanol–water partition coefficient (Wildman–Crippen LogP) is 4.47. The van der Waals surface area contributed by atoms with Crippen LogP contribution in [0.2, 0.25) is 0 Å². The number of aliphatic imine (C=N–C) groups is 1. The van der Waals surface area contributed by atoms with E-state index >= 15 is 0 Å². The highest BCUT2D eigenvalue weighted by Crippen LogP contribution is 2.27. The van der Waals surface area contributed by atoms with Gasteiger partial charge in [-0.3, -0.25) is 20.1 Å². The lowest BCUT2D eigenvalue weighted by atomic mass is 9.89. The molecule has 0 saturated carbocycles. The van der Waals surface area contributed by atoms with Crippen LogP contribution in [0.25, 0.3) is 0 Å². The third kappa shape index (κ3) is 7.33. The number of carbonyl (C=O) groups is 1. The van der Waals surface area contributed by atoms with Crippen molar-refractivity contribution < 1.29 is 9.18 Å². The molecule has 36 heavy (non-hydrogen) atoms. The summed E-state index contributed by atoms with van der Waals surface area (Å²) in [5.74, 6) is -0.0215. The molecule has 1 atom stereocenters. The molecule has 3 N–H and O–H groups in total. The van der Waals surface area contributed by atoms with Crippen LogP contribution >= 0.6 is 0 Å². The van der Waals surface area contributed by atoms with Crippen molar-refractivity contribution in [3.63, 3.8) is 0 Å². The Balaban J connectivity index is 1.43. The minimum absolute atomic E-state index is 0.0348. The number of aryl methyl sites for hydroxylation is 1. The van der Waals surface area contributed by atoms with Gasteiger partial charge in [-0.1, -0.05) is 30.3 Å². The van der Waals surface area contributed by atoms with Crippen molar-refractivity contribution >= 4 is 11.9 Å². The standard InChI is InChI=1S/C28H29FN6O/c29-24-10-8-21(9-11-24)26(22-12-16-30-17-13-22)14-18-33-28(32-15-4-7-25-19-31-20-34-25)35-27(36)23-5-2-1-3-6-23/h1-3,5-6,8-13,16-17,19-20,26H,4,7,14-15,18H2,(H,31,34)(H2,32,33,35,36). The molecule has 8 heteroatoms. The highest BCUT2D eigenvalue weighted by atomic mass is 19.1. The summed E-state index contributed by atoms with van der Waals surface area (Å²) < 4.78 is 13.5. The smallest absolute Gasteiger partial charge is 0.257 e. The summed E-state index contributed by atoms with van der Waals surface area (Å²) in [6.07, 6.45) is 9.31. The van der Waals surface area contributed by atoms with E-state index in [9.17, 15) is 9.18 Å². The van der Waals surface area contributed by atoms with Crippen LogP contribution < -0.4 is 10.6 Å². The predicted molar refractivity (Wildman–Crippen MR) is 138 cm³/mol. The van der Waals surface area contributed by atoms with Gasteiger partial charge in [0.2, 0.25) is 0 Å². The summed E-state index contributed by atoms with van der Waals surface area (Å²) in [5, 5.41) is 6.21. The summed E-state index contributed by atoms with van der Waals surface area (Å²) in [4.78, 5) is 28.6. The van der Waals surface area contributed by atoms with E-state index in [2.05, 4.69) is 30.6 Å². The van der Waals surface area contributed by atoms with E-state index in [4.69, 9.17) is 0 Å². The van der Waals surface area contributed by atoms with Crippen LogP contribution in [0.5, 0.6) is 0 Å². The number of nitrogens with one attached hydrogen (secondary N) is 3. The largest absolute Gasteiger partial charge is 0.356 e. The average Bonchev–Trinajstić information content (AvgIpc) is 3.44. The number of benzene rings is 2. The first-order valence-electron chi connectivity index (χ1n) is 12.0. The van der Waals surface area contributed by atoms with E-state index in [1.807, 2.05) is 42.5 Å². The molecule has 0 aliphatic carbocycles. The lowest BCUT2D eigenvalue weighted by molar-refractivity contribution is 0.0975. The SMILES string of the molecule is O=C(NC(=NCCCc1cnc[nH]1)NCCC(c1ccncc1)c1ccc(F)cc1)c1ccccc1. The van der Waals surface area contributed by atoms with E-state index < -0.39 is 0 Å². The topological polar surface area (TPSA) is 95.1 Å². The number of rotatable bonds is 10. The Morgan fingerprint density at radius 2 is 1.72 bits per heavy atom. The van der Waals surface area contributed by atoms with E-state index in [-0.39, 0.29) is 17.6 Å². The van der Waals surface area contributed by atoms with Crippen molar-refractivity contribution in [2.24, 2.45) is 4.99 Å². The molecule has 0 saturated heterocycles. The number of nitrogens with zero attached hydrogens (tertiary/aromatic N) is 3. The number of amides is 1. The molecule has 0 spiro atoms. The van der Waals surface area contributed by atoms with Crippen LogP contribution in [0.3, 0.4) is 0 Å². The van der Waals surface area contributed by atoms with Crippen LogP contribution in [0.4, 0.5) is 4.39 Å². The summed E-state index contributed by atoms with van der Waals surface area (Å²) in [6, 6.07) is 19.5. The van der Waals surface area contributed by atoms with Crippen molar-refractivity contribution in [2.45, 2.75) is 25.2 Å². The van der Waals surface area contributed by atoms with Gasteiger partial charge in [0.25, 0.3) is 5.91 Å². The monoisotopic (exact) mass is 484 g/mol. The summed E-state index contributed by atoms with van der Waals surface area (Å²) >= 11 is 0. The molecule has 2 aromatic heterocycles. The highest BCUT2D eigenvalue weighted by Gasteiger charge is 2.15. The lowest BCUT2D eigenvalue weighted by Gasteiger charge is -2.19. The van der Waals surface area contributed by atoms with Crippen LogP contribution in [-0.2, 0) is 6.42 Å². The Kier molecular flexibility index (Phi) is 8.91. The first kappa shape index (κ1) is 24.8. The van der Waals surface area contributed by atoms with Gasteiger partial charge in [-0.15, -0.1) is 0 Å². The van der Waals surface area contributed by atoms with Gasteiger partial charge < -0.3 is 10.3 Å². The zero-order valence-corrected chi connectivity index (χ0v) is 19.9. The van der Waals surface area contributed by atoms with Crippen molar-refractivity contribution in [1.29, 1.82) is 0 Å². The molecule has 2 aromatic carbocycles. The van der Waals surface area contributed by atoms with Gasteiger partial charge >= 0.3 is 0 Å². The average molecular weight is 485 g/mol. The molecule has 0 aliphatic rings. The molecule has 0 radical (unpaired) electrons. The normalized spacial score (nSPS) is 12.2. The van der Waals surface area contributed by atoms with Crippen molar-refractivity contribution in [1.82, 2.24) is 25.6 Å². The van der Waals surface area contributed by atoms with Crippen LogP contribution in [-0.4, -0.2) is 39.9 Å². The lowest BCUT2D eigenvalue weighted by Crippen LogP contribution is -2.42.